The van der Waals surface area contributed by atoms with Crippen LogP contribution in [0, 0.1) is 11.8 Å². The van der Waals surface area contributed by atoms with Gasteiger partial charge in [0.2, 0.25) is 0 Å². The first-order valence-corrected chi connectivity index (χ1v) is 9.98. The molecule has 1 aromatic heterocycles. The quantitative estimate of drug-likeness (QED) is 0.325. The smallest absolute Gasteiger partial charge is 0.307 e. The maximum Gasteiger partial charge on any atom is 0.307 e. The van der Waals surface area contributed by atoms with Gasteiger partial charge in [-0.3, -0.25) is 4.79 Å². The maximum absolute atomic E-state index is 11.1. The van der Waals surface area contributed by atoms with Gasteiger partial charge in [-0.1, -0.05) is 42.5 Å². The Morgan fingerprint density at radius 3 is 2.93 bits per heavy atom. The van der Waals surface area contributed by atoms with E-state index in [1.54, 1.807) is 6.21 Å². The zero-order valence-electron chi connectivity index (χ0n) is 16.2. The van der Waals surface area contributed by atoms with Crippen LogP contribution in [-0.4, -0.2) is 36.9 Å². The average molecular weight is 391 g/mol. The topological polar surface area (TPSA) is 86.9 Å². The molecule has 29 heavy (non-hydrogen) atoms. The Labute approximate surface area is 169 Å². The first kappa shape index (κ1) is 19.2. The number of fused-ring (bicyclic) bond motifs is 1. The highest BCUT2D eigenvalue weighted by molar-refractivity contribution is 5.95. The summed E-state index contributed by atoms with van der Waals surface area (Å²) in [6, 6.07) is 18.3. The molecule has 1 aliphatic rings. The summed E-state index contributed by atoms with van der Waals surface area (Å²) in [5.74, 6) is 0.858. The van der Waals surface area contributed by atoms with E-state index < -0.39 is 5.97 Å². The van der Waals surface area contributed by atoms with Crippen molar-refractivity contribution in [3.63, 3.8) is 0 Å². The van der Waals surface area contributed by atoms with E-state index in [4.69, 9.17) is 9.52 Å². The van der Waals surface area contributed by atoms with E-state index in [-0.39, 0.29) is 5.92 Å². The minimum absolute atomic E-state index is 0.284. The molecule has 2 heterocycles. The Balaban J connectivity index is 1.31. The Morgan fingerprint density at radius 1 is 1.17 bits per heavy atom. The number of rotatable bonds is 7. The normalized spacial score (nSPS) is 19.6. The number of hydrogen-bond donors (Lipinski definition) is 3. The average Bonchev–Trinajstić information content (AvgIpc) is 3.22. The van der Waals surface area contributed by atoms with E-state index in [0.29, 0.717) is 24.8 Å². The first-order valence-electron chi connectivity index (χ1n) is 9.98. The largest absolute Gasteiger partial charge is 0.481 e. The third kappa shape index (κ3) is 4.66. The molecule has 0 spiro atoms. The van der Waals surface area contributed by atoms with Crippen LogP contribution in [0.25, 0.3) is 22.1 Å². The maximum atomic E-state index is 11.1. The lowest BCUT2D eigenvalue weighted by Gasteiger charge is -2.27. The second-order valence-electron chi connectivity index (χ2n) is 7.48. The van der Waals surface area contributed by atoms with Crippen molar-refractivity contribution in [2.75, 3.05) is 19.6 Å². The van der Waals surface area contributed by atoms with Crippen LogP contribution < -0.4 is 10.7 Å². The van der Waals surface area contributed by atoms with E-state index in [9.17, 15) is 4.79 Å². The van der Waals surface area contributed by atoms with Gasteiger partial charge < -0.3 is 20.3 Å². The molecule has 0 aliphatic carbocycles. The summed E-state index contributed by atoms with van der Waals surface area (Å²) in [5, 5.41) is 18.9. The molecule has 2 aromatic carbocycles. The van der Waals surface area contributed by atoms with Crippen molar-refractivity contribution in [2.45, 2.75) is 12.8 Å². The van der Waals surface area contributed by atoms with Crippen LogP contribution in [0.4, 0.5) is 0 Å². The Morgan fingerprint density at radius 2 is 2.03 bits per heavy atom. The summed E-state index contributed by atoms with van der Waals surface area (Å²) in [4.78, 5) is 11.1. The van der Waals surface area contributed by atoms with Gasteiger partial charge in [-0.25, -0.2) is 0 Å². The Bertz CT molecular complexity index is 1010. The summed E-state index contributed by atoms with van der Waals surface area (Å²) in [5.41, 5.74) is 4.10. The number of hydrogen-bond acceptors (Lipinski definition) is 5. The molecule has 0 unspecified atom stereocenters. The van der Waals surface area contributed by atoms with Crippen molar-refractivity contribution in [2.24, 2.45) is 16.9 Å². The van der Waals surface area contributed by atoms with E-state index in [1.807, 2.05) is 30.3 Å². The Hall–Kier alpha value is -3.12. The van der Waals surface area contributed by atoms with Crippen LogP contribution in [0.5, 0.6) is 0 Å². The molecule has 150 valence electrons. The number of nitrogens with zero attached hydrogens (tertiary/aromatic N) is 1. The minimum Gasteiger partial charge on any atom is -0.481 e. The highest BCUT2D eigenvalue weighted by Gasteiger charge is 2.26. The fourth-order valence-electron chi connectivity index (χ4n) is 3.89. The second-order valence-corrected chi connectivity index (χ2v) is 7.48. The number of hydrazone groups is 1. The van der Waals surface area contributed by atoms with Crippen molar-refractivity contribution < 1.29 is 14.3 Å². The van der Waals surface area contributed by atoms with E-state index in [2.05, 4.69) is 40.1 Å². The van der Waals surface area contributed by atoms with Crippen molar-refractivity contribution in [3.05, 3.63) is 60.4 Å². The van der Waals surface area contributed by atoms with Crippen LogP contribution in [-0.2, 0) is 4.79 Å². The number of nitrogens with one attached hydrogen (secondary N) is 2. The summed E-state index contributed by atoms with van der Waals surface area (Å²) < 4.78 is 5.95. The lowest BCUT2D eigenvalue weighted by Crippen LogP contribution is -2.40. The summed E-state index contributed by atoms with van der Waals surface area (Å²) in [7, 11) is 0. The van der Waals surface area contributed by atoms with E-state index in [0.717, 1.165) is 36.1 Å². The highest BCUT2D eigenvalue weighted by Crippen LogP contribution is 2.29. The summed E-state index contributed by atoms with van der Waals surface area (Å²) in [6.45, 7) is 2.13. The SMILES string of the molecule is O=C(O)[C@H]1CNC[C@@H](CCN/N=C/c2ccc(-c3cccc4ccccc34)o2)C1. The van der Waals surface area contributed by atoms with E-state index >= 15 is 0 Å². The van der Waals surface area contributed by atoms with Gasteiger partial charge in [-0.2, -0.15) is 5.10 Å². The third-order valence-corrected chi connectivity index (χ3v) is 5.42. The zero-order valence-corrected chi connectivity index (χ0v) is 16.2. The van der Waals surface area contributed by atoms with Crippen molar-refractivity contribution in [1.82, 2.24) is 10.7 Å². The van der Waals surface area contributed by atoms with Crippen LogP contribution in [0.15, 0.2) is 64.1 Å². The van der Waals surface area contributed by atoms with Gasteiger partial charge in [-0.05, 0) is 48.2 Å². The van der Waals surface area contributed by atoms with Crippen LogP contribution in [0.3, 0.4) is 0 Å². The fraction of sp³-hybridized carbons (Fsp3) is 0.304. The molecule has 1 fully saturated rings. The molecule has 3 aromatic rings. The van der Waals surface area contributed by atoms with Gasteiger partial charge in [0.25, 0.3) is 0 Å². The van der Waals surface area contributed by atoms with Gasteiger partial charge in [0, 0.05) is 18.7 Å². The zero-order chi connectivity index (χ0) is 20.1. The van der Waals surface area contributed by atoms with Crippen molar-refractivity contribution in [3.8, 4) is 11.3 Å². The monoisotopic (exact) mass is 391 g/mol. The van der Waals surface area contributed by atoms with Crippen molar-refractivity contribution >= 4 is 23.0 Å². The van der Waals surface area contributed by atoms with E-state index in [1.165, 1.54) is 5.39 Å². The van der Waals surface area contributed by atoms with Crippen molar-refractivity contribution in [1.29, 1.82) is 0 Å². The number of piperidine rings is 1. The number of aliphatic carboxylic acids is 1. The fourth-order valence-corrected chi connectivity index (χ4v) is 3.89. The van der Waals surface area contributed by atoms with Gasteiger partial charge in [0.05, 0.1) is 12.1 Å². The number of carbonyl (C=O) groups is 1. The molecule has 0 radical (unpaired) electrons. The molecule has 1 saturated heterocycles. The highest BCUT2D eigenvalue weighted by atomic mass is 16.4. The molecule has 6 heteroatoms. The molecule has 4 rings (SSSR count). The predicted molar refractivity (Wildman–Crippen MR) is 114 cm³/mol. The molecule has 0 saturated carbocycles. The number of carboxylic acid groups (broad SMARTS) is 1. The summed E-state index contributed by atoms with van der Waals surface area (Å²) >= 11 is 0. The second kappa shape index (κ2) is 8.92. The van der Waals surface area contributed by atoms with Crippen LogP contribution >= 0.6 is 0 Å². The lowest BCUT2D eigenvalue weighted by atomic mass is 9.88. The van der Waals surface area contributed by atoms with Gasteiger partial charge in [-0.15, -0.1) is 0 Å². The van der Waals surface area contributed by atoms with Gasteiger partial charge >= 0.3 is 5.97 Å². The van der Waals surface area contributed by atoms with Gasteiger partial charge in [0.15, 0.2) is 0 Å². The third-order valence-electron chi connectivity index (χ3n) is 5.42. The molecular weight excluding hydrogens is 366 g/mol. The lowest BCUT2D eigenvalue weighted by molar-refractivity contribution is -0.142. The molecule has 1 aliphatic heterocycles. The molecule has 6 nitrogen and oxygen atoms in total. The molecule has 3 N–H and O–H groups in total. The molecular formula is C23H25N3O3. The molecule has 2 atom stereocenters. The molecule has 0 bridgehead atoms. The van der Waals surface area contributed by atoms with Gasteiger partial charge in [0.1, 0.15) is 11.5 Å². The molecule has 0 amide bonds. The Kier molecular flexibility index (Phi) is 5.91. The number of carboxylic acids is 1. The van der Waals surface area contributed by atoms with Crippen LogP contribution in [0.1, 0.15) is 18.6 Å². The number of benzene rings is 2. The standard InChI is InChI=1S/C23H25N3O3/c27-23(28)18-12-16(13-24-14-18)10-11-25-26-15-19-8-9-22(29-19)21-7-3-5-17-4-1-2-6-20(17)21/h1-9,15-16,18,24-25H,10-14H2,(H,27,28)/b26-15+/t16-,18+/m0/s1. The summed E-state index contributed by atoms with van der Waals surface area (Å²) in [6.07, 6.45) is 3.28. The predicted octanol–water partition coefficient (Wildman–Crippen LogP) is 3.72. The number of furan rings is 1. The van der Waals surface area contributed by atoms with Crippen LogP contribution in [0.2, 0.25) is 0 Å². The minimum atomic E-state index is -0.715. The first-order chi connectivity index (χ1) is 14.2.